The lowest BCUT2D eigenvalue weighted by molar-refractivity contribution is -0.140. The van der Waals surface area contributed by atoms with Crippen molar-refractivity contribution in [1.82, 2.24) is 0 Å². The molecular weight excluding hydrogens is 340 g/mol. The lowest BCUT2D eigenvalue weighted by atomic mass is 9.89. The molecule has 134 valence electrons. The zero-order valence-corrected chi connectivity index (χ0v) is 14.1. The van der Waals surface area contributed by atoms with Crippen LogP contribution >= 0.6 is 0 Å². The third-order valence-electron chi connectivity index (χ3n) is 4.12. The van der Waals surface area contributed by atoms with Crippen molar-refractivity contribution in [2.24, 2.45) is 0 Å². The quantitative estimate of drug-likeness (QED) is 0.716. The van der Waals surface area contributed by atoms with E-state index in [1.165, 1.54) is 26.4 Å². The van der Waals surface area contributed by atoms with E-state index >= 15 is 0 Å². The number of benzene rings is 1. The number of para-hydroxylation sites is 1. The largest absolute Gasteiger partial charge is 0.507 e. The Bertz CT molecular complexity index is 1090. The fraction of sp³-hybridized carbons (Fsp3) is 0.211. The Labute approximate surface area is 147 Å². The van der Waals surface area contributed by atoms with Crippen molar-refractivity contribution >= 4 is 16.9 Å². The highest BCUT2D eigenvalue weighted by Crippen LogP contribution is 2.31. The molecule has 0 saturated carbocycles. The molecule has 0 saturated heterocycles. The van der Waals surface area contributed by atoms with Gasteiger partial charge >= 0.3 is 11.6 Å². The number of aromatic hydroxyl groups is 1. The Morgan fingerprint density at radius 3 is 2.69 bits per heavy atom. The molecular formula is C19H16O7. The Morgan fingerprint density at radius 1 is 1.27 bits per heavy atom. The summed E-state index contributed by atoms with van der Waals surface area (Å²) in [6, 6.07) is 7.86. The third kappa shape index (κ3) is 3.11. The zero-order chi connectivity index (χ0) is 18.8. The van der Waals surface area contributed by atoms with Gasteiger partial charge in [0, 0.05) is 17.5 Å². The van der Waals surface area contributed by atoms with Gasteiger partial charge in [-0.15, -0.1) is 0 Å². The Hall–Kier alpha value is -3.35. The Balaban J connectivity index is 2.27. The minimum absolute atomic E-state index is 0.0561. The molecule has 0 fully saturated rings. The number of carbonyl (C=O) groups is 1. The fourth-order valence-corrected chi connectivity index (χ4v) is 2.88. The van der Waals surface area contributed by atoms with E-state index < -0.39 is 22.9 Å². The van der Waals surface area contributed by atoms with Crippen molar-refractivity contribution in [3.05, 3.63) is 74.1 Å². The van der Waals surface area contributed by atoms with Gasteiger partial charge < -0.3 is 18.7 Å². The van der Waals surface area contributed by atoms with Gasteiger partial charge in [0.1, 0.15) is 17.1 Å². The maximum absolute atomic E-state index is 12.9. The first-order valence-electron chi connectivity index (χ1n) is 7.83. The summed E-state index contributed by atoms with van der Waals surface area (Å²) in [5, 5.41) is 10.6. The van der Waals surface area contributed by atoms with Gasteiger partial charge in [0.05, 0.1) is 30.7 Å². The lowest BCUT2D eigenvalue weighted by Gasteiger charge is -2.16. The van der Waals surface area contributed by atoms with E-state index in [0.717, 1.165) is 0 Å². The molecule has 7 heteroatoms. The van der Waals surface area contributed by atoms with E-state index in [2.05, 4.69) is 4.74 Å². The van der Waals surface area contributed by atoms with Crippen LogP contribution in [0.15, 0.2) is 55.0 Å². The van der Waals surface area contributed by atoms with Gasteiger partial charge in [-0.3, -0.25) is 9.59 Å². The maximum Gasteiger partial charge on any atom is 0.343 e. The Kier molecular flexibility index (Phi) is 4.62. The summed E-state index contributed by atoms with van der Waals surface area (Å²) in [6.07, 6.45) is 0.859. The van der Waals surface area contributed by atoms with Crippen LogP contribution in [0.25, 0.3) is 11.0 Å². The summed E-state index contributed by atoms with van der Waals surface area (Å²) in [5.41, 5.74) is -0.994. The number of esters is 1. The number of rotatable bonds is 4. The van der Waals surface area contributed by atoms with Crippen LogP contribution < -0.4 is 11.1 Å². The van der Waals surface area contributed by atoms with Crippen molar-refractivity contribution in [2.75, 3.05) is 7.11 Å². The summed E-state index contributed by atoms with van der Waals surface area (Å²) >= 11 is 0. The van der Waals surface area contributed by atoms with Crippen LogP contribution in [0, 0.1) is 6.92 Å². The minimum Gasteiger partial charge on any atom is -0.507 e. The molecule has 2 aromatic heterocycles. The molecule has 26 heavy (non-hydrogen) atoms. The predicted molar refractivity (Wildman–Crippen MR) is 92.3 cm³/mol. The van der Waals surface area contributed by atoms with Gasteiger partial charge in [0.15, 0.2) is 5.43 Å². The molecule has 0 amide bonds. The lowest BCUT2D eigenvalue weighted by Crippen LogP contribution is -2.23. The molecule has 0 bridgehead atoms. The molecule has 0 radical (unpaired) electrons. The second kappa shape index (κ2) is 6.87. The summed E-state index contributed by atoms with van der Waals surface area (Å²) in [7, 11) is 1.19. The predicted octanol–water partition coefficient (Wildman–Crippen LogP) is 2.46. The summed E-state index contributed by atoms with van der Waals surface area (Å²) in [4.78, 5) is 37.0. The number of ether oxygens (including phenoxy) is 1. The van der Waals surface area contributed by atoms with Crippen LogP contribution in [-0.2, 0) is 9.53 Å². The average molecular weight is 356 g/mol. The van der Waals surface area contributed by atoms with E-state index in [4.69, 9.17) is 8.83 Å². The smallest absolute Gasteiger partial charge is 0.343 e. The molecule has 0 spiro atoms. The van der Waals surface area contributed by atoms with Gasteiger partial charge in [-0.05, 0) is 19.1 Å². The van der Waals surface area contributed by atoms with Crippen molar-refractivity contribution in [2.45, 2.75) is 19.3 Å². The van der Waals surface area contributed by atoms with Crippen LogP contribution in [0.1, 0.15) is 29.2 Å². The zero-order valence-electron chi connectivity index (χ0n) is 14.1. The van der Waals surface area contributed by atoms with Gasteiger partial charge in [-0.25, -0.2) is 4.79 Å². The molecule has 0 unspecified atom stereocenters. The molecule has 7 nitrogen and oxygen atoms in total. The van der Waals surface area contributed by atoms with E-state index in [1.54, 1.807) is 24.3 Å². The summed E-state index contributed by atoms with van der Waals surface area (Å²) in [6.45, 7) is 1.50. The van der Waals surface area contributed by atoms with Gasteiger partial charge in [0.25, 0.3) is 0 Å². The monoisotopic (exact) mass is 356 g/mol. The van der Waals surface area contributed by atoms with Crippen LogP contribution in [0.3, 0.4) is 0 Å². The van der Waals surface area contributed by atoms with Crippen LogP contribution in [0.5, 0.6) is 5.75 Å². The van der Waals surface area contributed by atoms with Crippen molar-refractivity contribution in [1.29, 1.82) is 0 Å². The van der Waals surface area contributed by atoms with Crippen LogP contribution in [0.4, 0.5) is 0 Å². The average Bonchev–Trinajstić information content (AvgIpc) is 2.60. The normalized spacial score (nSPS) is 12.1. The summed E-state index contributed by atoms with van der Waals surface area (Å²) < 4.78 is 15.2. The maximum atomic E-state index is 12.9. The number of hydrogen-bond donors (Lipinski definition) is 1. The number of fused-ring (bicyclic) bond motifs is 1. The van der Waals surface area contributed by atoms with Gasteiger partial charge in [-0.1, -0.05) is 12.1 Å². The molecule has 1 aromatic carbocycles. The van der Waals surface area contributed by atoms with Crippen LogP contribution in [0.2, 0.25) is 0 Å². The Morgan fingerprint density at radius 2 is 2.00 bits per heavy atom. The number of hydrogen-bond acceptors (Lipinski definition) is 7. The minimum atomic E-state index is -1.07. The first-order chi connectivity index (χ1) is 12.4. The number of aryl methyl sites for hydroxylation is 1. The molecule has 3 aromatic rings. The second-order valence-electron chi connectivity index (χ2n) is 5.79. The van der Waals surface area contributed by atoms with Gasteiger partial charge in [-0.2, -0.15) is 0 Å². The SMILES string of the molecule is COC(=O)C[C@H](c1c(O)cc(C)oc1=O)c1coc2ccccc2c1=O. The highest BCUT2D eigenvalue weighted by atomic mass is 16.5. The summed E-state index contributed by atoms with van der Waals surface area (Å²) in [5.74, 6) is -1.87. The van der Waals surface area contributed by atoms with Crippen LogP contribution in [-0.4, -0.2) is 18.2 Å². The van der Waals surface area contributed by atoms with Gasteiger partial charge in [0.2, 0.25) is 0 Å². The molecule has 1 N–H and O–H groups in total. The topological polar surface area (TPSA) is 107 Å². The molecule has 2 heterocycles. The fourth-order valence-electron chi connectivity index (χ4n) is 2.88. The first kappa shape index (κ1) is 17.5. The molecule has 3 rings (SSSR count). The molecule has 0 aliphatic carbocycles. The van der Waals surface area contributed by atoms with E-state index in [0.29, 0.717) is 11.0 Å². The van der Waals surface area contributed by atoms with E-state index in [9.17, 15) is 19.5 Å². The standard InChI is InChI=1S/C19H16O7/c1-10-7-14(20)17(19(23)26-10)12(8-16(21)24-2)13-9-25-15-6-4-3-5-11(15)18(13)22/h3-7,9,12,20H,8H2,1-2H3/t12-/m0/s1. The van der Waals surface area contributed by atoms with Crippen molar-refractivity contribution < 1.29 is 23.5 Å². The molecule has 1 atom stereocenters. The van der Waals surface area contributed by atoms with E-state index in [-0.39, 0.29) is 29.1 Å². The molecule has 0 aliphatic rings. The van der Waals surface area contributed by atoms with E-state index in [1.807, 2.05) is 0 Å². The highest BCUT2D eigenvalue weighted by Gasteiger charge is 2.29. The second-order valence-corrected chi connectivity index (χ2v) is 5.79. The number of carbonyl (C=O) groups excluding carboxylic acids is 1. The highest BCUT2D eigenvalue weighted by molar-refractivity contribution is 5.77. The number of methoxy groups -OCH3 is 1. The van der Waals surface area contributed by atoms with Crippen molar-refractivity contribution in [3.63, 3.8) is 0 Å². The first-order valence-corrected chi connectivity index (χ1v) is 7.83. The third-order valence-corrected chi connectivity index (χ3v) is 4.12. The molecule has 0 aliphatic heterocycles. The van der Waals surface area contributed by atoms with Crippen molar-refractivity contribution in [3.8, 4) is 5.75 Å².